The van der Waals surface area contributed by atoms with E-state index in [0.717, 1.165) is 27.9 Å². The molecule has 2 N–H and O–H groups in total. The van der Waals surface area contributed by atoms with Crippen molar-refractivity contribution in [3.63, 3.8) is 0 Å². The summed E-state index contributed by atoms with van der Waals surface area (Å²) in [6.07, 6.45) is 6.94. The number of aryl methyl sites for hydroxylation is 1. The van der Waals surface area contributed by atoms with Crippen LogP contribution in [-0.2, 0) is 0 Å². The van der Waals surface area contributed by atoms with Crippen LogP contribution in [0.5, 0.6) is 5.75 Å². The van der Waals surface area contributed by atoms with E-state index in [2.05, 4.69) is 6.58 Å². The number of fused-ring (bicyclic) bond motifs is 1. The zero-order valence-electron chi connectivity index (χ0n) is 10.8. The fourth-order valence-electron chi connectivity index (χ4n) is 1.91. The van der Waals surface area contributed by atoms with Crippen LogP contribution in [0.4, 0.5) is 0 Å². The zero-order valence-corrected chi connectivity index (χ0v) is 10.8. The third-order valence-electron chi connectivity index (χ3n) is 2.72. The summed E-state index contributed by atoms with van der Waals surface area (Å²) in [4.78, 5) is 0. The number of hydrogen-bond acceptors (Lipinski definition) is 3. The van der Waals surface area contributed by atoms with Gasteiger partial charge in [0.2, 0.25) is 0 Å². The Hall–Kier alpha value is -2.26. The molecule has 0 saturated heterocycles. The van der Waals surface area contributed by atoms with Crippen LogP contribution in [0.25, 0.3) is 16.5 Å². The standard InChI is InChI=1S/C16H16O3/c1-11(6-4-3-5-7-17)15-10-14(18)9-13-8-12(2)19-16(13)15/h3-6,8-10,17-18H,1,7H2,2H3/b5-3-,6-4-. The smallest absolute Gasteiger partial charge is 0.142 e. The Balaban J connectivity index is 2.41. The molecule has 98 valence electrons. The average Bonchev–Trinajstić information content (AvgIpc) is 2.73. The maximum absolute atomic E-state index is 9.72. The van der Waals surface area contributed by atoms with E-state index in [0.29, 0.717) is 0 Å². The van der Waals surface area contributed by atoms with E-state index in [1.165, 1.54) is 0 Å². The molecule has 0 amide bonds. The first kappa shape index (κ1) is 13.2. The highest BCUT2D eigenvalue weighted by Gasteiger charge is 2.09. The first-order valence-electron chi connectivity index (χ1n) is 5.98. The second-order valence-corrected chi connectivity index (χ2v) is 4.26. The van der Waals surface area contributed by atoms with E-state index in [-0.39, 0.29) is 12.4 Å². The molecule has 2 aromatic rings. The van der Waals surface area contributed by atoms with Crippen molar-refractivity contribution >= 4 is 16.5 Å². The van der Waals surface area contributed by atoms with E-state index in [1.807, 2.05) is 13.0 Å². The third-order valence-corrected chi connectivity index (χ3v) is 2.72. The molecule has 0 saturated carbocycles. The molecule has 3 nitrogen and oxygen atoms in total. The molecular formula is C16H16O3. The minimum Gasteiger partial charge on any atom is -0.508 e. The molecule has 0 aliphatic heterocycles. The Morgan fingerprint density at radius 2 is 2.11 bits per heavy atom. The normalized spacial score (nSPS) is 11.9. The molecule has 19 heavy (non-hydrogen) atoms. The summed E-state index contributed by atoms with van der Waals surface area (Å²) >= 11 is 0. The molecule has 0 fully saturated rings. The SMILES string of the molecule is C=C(/C=C\C=C/CO)c1cc(O)cc2cc(C)oc12. The molecule has 0 aliphatic carbocycles. The van der Waals surface area contributed by atoms with Crippen molar-refractivity contribution in [1.29, 1.82) is 0 Å². The monoisotopic (exact) mass is 256 g/mol. The van der Waals surface area contributed by atoms with Gasteiger partial charge < -0.3 is 14.6 Å². The molecule has 3 heteroatoms. The second kappa shape index (κ2) is 5.59. The molecule has 0 aliphatic rings. The number of hydrogen-bond donors (Lipinski definition) is 2. The topological polar surface area (TPSA) is 53.6 Å². The number of furan rings is 1. The van der Waals surface area contributed by atoms with Gasteiger partial charge in [0.25, 0.3) is 0 Å². The minimum atomic E-state index is 0.00453. The summed E-state index contributed by atoms with van der Waals surface area (Å²) in [5.41, 5.74) is 2.21. The van der Waals surface area contributed by atoms with Crippen LogP contribution >= 0.6 is 0 Å². The quantitative estimate of drug-likeness (QED) is 0.822. The third kappa shape index (κ3) is 2.95. The Morgan fingerprint density at radius 3 is 2.84 bits per heavy atom. The van der Waals surface area contributed by atoms with Crippen molar-refractivity contribution in [1.82, 2.24) is 0 Å². The number of phenols is 1. The van der Waals surface area contributed by atoms with Crippen molar-refractivity contribution in [2.45, 2.75) is 6.92 Å². The molecule has 1 aromatic heterocycles. The fraction of sp³-hybridized carbons (Fsp3) is 0.125. The van der Waals surface area contributed by atoms with Crippen LogP contribution in [0.1, 0.15) is 11.3 Å². The molecule has 0 bridgehead atoms. The van der Waals surface area contributed by atoms with Gasteiger partial charge in [0, 0.05) is 10.9 Å². The average molecular weight is 256 g/mol. The van der Waals surface area contributed by atoms with Crippen molar-refractivity contribution in [2.75, 3.05) is 6.61 Å². The maximum atomic E-state index is 9.72. The van der Waals surface area contributed by atoms with Crippen LogP contribution in [0.2, 0.25) is 0 Å². The first-order valence-corrected chi connectivity index (χ1v) is 5.98. The Labute approximate surface area is 111 Å². The fourth-order valence-corrected chi connectivity index (χ4v) is 1.91. The molecule has 1 aromatic carbocycles. The minimum absolute atomic E-state index is 0.00453. The van der Waals surface area contributed by atoms with Crippen molar-refractivity contribution in [3.8, 4) is 5.75 Å². The highest BCUT2D eigenvalue weighted by Crippen LogP contribution is 2.31. The van der Waals surface area contributed by atoms with Gasteiger partial charge in [0.1, 0.15) is 17.1 Å². The number of phenolic OH excluding ortho intramolecular Hbond substituents is 1. The van der Waals surface area contributed by atoms with E-state index in [4.69, 9.17) is 9.52 Å². The summed E-state index contributed by atoms with van der Waals surface area (Å²) in [5, 5.41) is 19.2. The molecule has 0 spiro atoms. The number of allylic oxidation sites excluding steroid dienone is 4. The van der Waals surface area contributed by atoms with Gasteiger partial charge in [-0.2, -0.15) is 0 Å². The lowest BCUT2D eigenvalue weighted by molar-refractivity contribution is 0.343. The molecule has 0 atom stereocenters. The molecule has 2 rings (SSSR count). The molecular weight excluding hydrogens is 240 g/mol. The molecule has 0 radical (unpaired) electrons. The van der Waals surface area contributed by atoms with Gasteiger partial charge in [-0.25, -0.2) is 0 Å². The maximum Gasteiger partial charge on any atom is 0.142 e. The summed E-state index contributed by atoms with van der Waals surface area (Å²) in [6, 6.07) is 5.17. The Morgan fingerprint density at radius 1 is 1.32 bits per heavy atom. The highest BCUT2D eigenvalue weighted by molar-refractivity contribution is 5.93. The van der Waals surface area contributed by atoms with Gasteiger partial charge >= 0.3 is 0 Å². The number of aliphatic hydroxyl groups excluding tert-OH is 1. The van der Waals surface area contributed by atoms with Gasteiger partial charge in [-0.15, -0.1) is 0 Å². The predicted octanol–water partition coefficient (Wildman–Crippen LogP) is 3.56. The molecule has 1 heterocycles. The lowest BCUT2D eigenvalue weighted by Gasteiger charge is -2.03. The Kier molecular flexibility index (Phi) is 3.88. The van der Waals surface area contributed by atoms with E-state index < -0.39 is 0 Å². The Bertz CT molecular complexity index is 660. The summed E-state index contributed by atoms with van der Waals surface area (Å²) < 4.78 is 5.64. The first-order chi connectivity index (χ1) is 9.11. The lowest BCUT2D eigenvalue weighted by Crippen LogP contribution is -1.81. The zero-order chi connectivity index (χ0) is 13.8. The molecule has 0 unspecified atom stereocenters. The van der Waals surface area contributed by atoms with Gasteiger partial charge in [-0.3, -0.25) is 0 Å². The van der Waals surface area contributed by atoms with Gasteiger partial charge in [0.05, 0.1) is 6.61 Å². The lowest BCUT2D eigenvalue weighted by atomic mass is 10.0. The van der Waals surface area contributed by atoms with E-state index >= 15 is 0 Å². The van der Waals surface area contributed by atoms with E-state index in [1.54, 1.807) is 36.4 Å². The van der Waals surface area contributed by atoms with Crippen LogP contribution in [0, 0.1) is 6.92 Å². The van der Waals surface area contributed by atoms with Gasteiger partial charge in [-0.05, 0) is 30.7 Å². The summed E-state index contributed by atoms with van der Waals surface area (Å²) in [6.45, 7) is 5.84. The largest absolute Gasteiger partial charge is 0.508 e. The van der Waals surface area contributed by atoms with E-state index in [9.17, 15) is 5.11 Å². The van der Waals surface area contributed by atoms with Crippen LogP contribution in [-0.4, -0.2) is 16.8 Å². The van der Waals surface area contributed by atoms with Crippen molar-refractivity contribution in [2.24, 2.45) is 0 Å². The van der Waals surface area contributed by atoms with Crippen LogP contribution in [0.3, 0.4) is 0 Å². The summed E-state index contributed by atoms with van der Waals surface area (Å²) in [7, 11) is 0. The second-order valence-electron chi connectivity index (χ2n) is 4.26. The van der Waals surface area contributed by atoms with Crippen LogP contribution in [0.15, 0.2) is 53.5 Å². The number of aliphatic hydroxyl groups is 1. The number of benzene rings is 1. The van der Waals surface area contributed by atoms with Gasteiger partial charge in [0.15, 0.2) is 0 Å². The highest BCUT2D eigenvalue weighted by atomic mass is 16.3. The number of aromatic hydroxyl groups is 1. The predicted molar refractivity (Wildman–Crippen MR) is 77.0 cm³/mol. The van der Waals surface area contributed by atoms with Crippen LogP contribution < -0.4 is 0 Å². The number of rotatable bonds is 4. The summed E-state index contributed by atoms with van der Waals surface area (Å²) in [5.74, 6) is 0.975. The van der Waals surface area contributed by atoms with Crippen molar-refractivity contribution < 1.29 is 14.6 Å². The van der Waals surface area contributed by atoms with Gasteiger partial charge in [-0.1, -0.05) is 30.9 Å². The van der Waals surface area contributed by atoms with Crippen molar-refractivity contribution in [3.05, 3.63) is 60.4 Å².